The molecule has 0 aliphatic heterocycles. The molecule has 0 saturated heterocycles. The van der Waals surface area contributed by atoms with Crippen LogP contribution in [0.15, 0.2) is 81.4 Å². The molecule has 0 amide bonds. The number of ether oxygens (including phenoxy) is 1. The van der Waals surface area contributed by atoms with Crippen LogP contribution in [0.3, 0.4) is 0 Å². The fraction of sp³-hybridized carbons (Fsp3) is 0.500. The number of aromatic nitrogens is 6. The molecule has 0 bridgehead atoms. The summed E-state index contributed by atoms with van der Waals surface area (Å²) in [6, 6.07) is 16.8. The third-order valence-electron chi connectivity index (χ3n) is 10.9. The van der Waals surface area contributed by atoms with Gasteiger partial charge in [0.1, 0.15) is 6.33 Å². The Morgan fingerprint density at radius 3 is 1.75 bits per heavy atom. The van der Waals surface area contributed by atoms with Crippen molar-refractivity contribution in [2.45, 2.75) is 131 Å². The summed E-state index contributed by atoms with van der Waals surface area (Å²) in [5.41, 5.74) is 18.6. The molecule has 5 aromatic rings. The highest BCUT2D eigenvalue weighted by Gasteiger charge is 2.23. The molecule has 14 heteroatoms. The third-order valence-corrected chi connectivity index (χ3v) is 10.9. The average Bonchev–Trinajstić information content (AvgIpc) is 3.78. The standard InChI is InChI=1S/C46H64N12O2/c1-9-13-17-32(11-3)23-24-34-19-15-21-36(25-34)51-53-42-40(30(5)6)55-57(44(42)47)38-27-39(50-29-49-38)58-45(48)43(41(56-58)31(7)8)54-52-37-22-16-20-35(26-37)46(59)60-28-33(12-4)18-14-10-2/h15-16,19-22,25-27,29-33H,9-14,17-18,23-24,28,47-48H2,1-8H3. The number of anilines is 2. The second kappa shape index (κ2) is 22.0. The van der Waals surface area contributed by atoms with E-state index in [0.717, 1.165) is 50.1 Å². The second-order valence-electron chi connectivity index (χ2n) is 16.2. The van der Waals surface area contributed by atoms with Crippen molar-refractivity contribution in [3.63, 3.8) is 0 Å². The number of hydrogen-bond acceptors (Lipinski definition) is 12. The van der Waals surface area contributed by atoms with Crippen LogP contribution in [0.2, 0.25) is 0 Å². The maximum atomic E-state index is 12.9. The number of carbonyl (C=O) groups excluding carboxylic acids is 1. The van der Waals surface area contributed by atoms with Crippen molar-refractivity contribution in [1.29, 1.82) is 0 Å². The first kappa shape index (κ1) is 45.3. The number of hydrogen-bond donors (Lipinski definition) is 2. The molecule has 3 heterocycles. The zero-order valence-corrected chi connectivity index (χ0v) is 36.8. The highest BCUT2D eigenvalue weighted by atomic mass is 16.5. The van der Waals surface area contributed by atoms with Gasteiger partial charge in [-0.2, -0.15) is 29.8 Å². The van der Waals surface area contributed by atoms with Crippen LogP contribution in [0.25, 0.3) is 11.6 Å². The van der Waals surface area contributed by atoms with E-state index in [1.807, 2.05) is 39.8 Å². The highest BCUT2D eigenvalue weighted by molar-refractivity contribution is 5.90. The molecule has 3 aromatic heterocycles. The number of rotatable bonds is 22. The molecule has 0 aliphatic carbocycles. The lowest BCUT2D eigenvalue weighted by molar-refractivity contribution is 0.0428. The van der Waals surface area contributed by atoms with E-state index in [2.05, 4.69) is 70.3 Å². The van der Waals surface area contributed by atoms with Crippen LogP contribution in [-0.2, 0) is 11.2 Å². The van der Waals surface area contributed by atoms with Crippen molar-refractivity contribution < 1.29 is 9.53 Å². The molecule has 4 N–H and O–H groups in total. The van der Waals surface area contributed by atoms with Crippen molar-refractivity contribution in [2.24, 2.45) is 32.3 Å². The first-order chi connectivity index (χ1) is 29.0. The lowest BCUT2D eigenvalue weighted by Gasteiger charge is -2.14. The Bertz CT molecular complexity index is 2220. The van der Waals surface area contributed by atoms with Crippen LogP contribution in [0, 0.1) is 11.8 Å². The fourth-order valence-corrected chi connectivity index (χ4v) is 7.06. The molecule has 0 radical (unpaired) electrons. The minimum Gasteiger partial charge on any atom is -0.462 e. The molecular formula is C46H64N12O2. The predicted octanol–water partition coefficient (Wildman–Crippen LogP) is 12.6. The lowest BCUT2D eigenvalue weighted by atomic mass is 9.92. The Morgan fingerprint density at radius 1 is 0.683 bits per heavy atom. The van der Waals surface area contributed by atoms with Gasteiger partial charge in [-0.3, -0.25) is 0 Å². The minimum atomic E-state index is -0.385. The van der Waals surface area contributed by atoms with Gasteiger partial charge >= 0.3 is 5.97 Å². The van der Waals surface area contributed by atoms with E-state index in [1.54, 1.807) is 35.0 Å². The average molecular weight is 817 g/mol. The van der Waals surface area contributed by atoms with Crippen LogP contribution in [-0.4, -0.2) is 42.1 Å². The van der Waals surface area contributed by atoms with Gasteiger partial charge in [-0.05, 0) is 78.8 Å². The first-order valence-electron chi connectivity index (χ1n) is 21.8. The summed E-state index contributed by atoms with van der Waals surface area (Å²) in [7, 11) is 0. The summed E-state index contributed by atoms with van der Waals surface area (Å²) >= 11 is 0. The Balaban J connectivity index is 1.38. The fourth-order valence-electron chi connectivity index (χ4n) is 7.06. The summed E-state index contributed by atoms with van der Waals surface area (Å²) in [5.74, 6) is 1.97. The molecular weight excluding hydrogens is 753 g/mol. The Morgan fingerprint density at radius 2 is 1.22 bits per heavy atom. The topological polar surface area (TPSA) is 189 Å². The minimum absolute atomic E-state index is 0.00262. The maximum Gasteiger partial charge on any atom is 0.338 e. The van der Waals surface area contributed by atoms with E-state index >= 15 is 0 Å². The van der Waals surface area contributed by atoms with E-state index < -0.39 is 0 Å². The SMILES string of the molecule is CCCCC(CC)CCc1cccc(N=Nc2c(C(C)C)nn(-c3cc(-n4nc(C(C)C)c(N=Nc5cccc(C(=O)OCC(CC)CCCC)c5)c4N)ncn3)c2N)c1. The van der Waals surface area contributed by atoms with Gasteiger partial charge in [0.15, 0.2) is 34.6 Å². The monoisotopic (exact) mass is 817 g/mol. The van der Waals surface area contributed by atoms with Crippen LogP contribution < -0.4 is 11.5 Å². The van der Waals surface area contributed by atoms with E-state index in [9.17, 15) is 4.79 Å². The summed E-state index contributed by atoms with van der Waals surface area (Å²) in [6.45, 7) is 17.3. The van der Waals surface area contributed by atoms with Crippen molar-refractivity contribution in [1.82, 2.24) is 29.5 Å². The van der Waals surface area contributed by atoms with Crippen LogP contribution in [0.1, 0.15) is 152 Å². The van der Waals surface area contributed by atoms with Crippen molar-refractivity contribution in [2.75, 3.05) is 18.1 Å². The molecule has 2 unspecified atom stereocenters. The van der Waals surface area contributed by atoms with Gasteiger partial charge in [0, 0.05) is 6.07 Å². The smallest absolute Gasteiger partial charge is 0.338 e. The lowest BCUT2D eigenvalue weighted by Crippen LogP contribution is -2.14. The number of benzene rings is 2. The number of carbonyl (C=O) groups is 1. The van der Waals surface area contributed by atoms with Gasteiger partial charge in [0.05, 0.1) is 34.9 Å². The van der Waals surface area contributed by atoms with Gasteiger partial charge < -0.3 is 16.2 Å². The largest absolute Gasteiger partial charge is 0.462 e. The van der Waals surface area contributed by atoms with Crippen molar-refractivity contribution in [3.8, 4) is 11.6 Å². The normalized spacial score (nSPS) is 13.0. The second-order valence-corrected chi connectivity index (χ2v) is 16.2. The number of azo groups is 2. The van der Waals surface area contributed by atoms with Crippen molar-refractivity contribution in [3.05, 3.63) is 83.4 Å². The summed E-state index contributed by atoms with van der Waals surface area (Å²) in [6.07, 6.45) is 12.8. The third kappa shape index (κ3) is 11.7. The van der Waals surface area contributed by atoms with Gasteiger partial charge in [-0.15, -0.1) is 10.2 Å². The van der Waals surface area contributed by atoms with E-state index in [1.165, 1.54) is 42.3 Å². The number of esters is 1. The van der Waals surface area contributed by atoms with E-state index in [-0.39, 0.29) is 23.6 Å². The number of nitrogens with two attached hydrogens (primary N) is 2. The molecule has 2 atom stereocenters. The predicted molar refractivity (Wildman–Crippen MR) is 240 cm³/mol. The molecule has 320 valence electrons. The molecule has 2 aromatic carbocycles. The molecule has 0 saturated carbocycles. The maximum absolute atomic E-state index is 12.9. The van der Waals surface area contributed by atoms with Crippen LogP contribution >= 0.6 is 0 Å². The summed E-state index contributed by atoms with van der Waals surface area (Å²) < 4.78 is 8.72. The molecule has 0 aliphatic rings. The summed E-state index contributed by atoms with van der Waals surface area (Å²) in [4.78, 5) is 21.9. The number of nitrogens with zero attached hydrogens (tertiary/aromatic N) is 10. The van der Waals surface area contributed by atoms with Gasteiger partial charge in [0.25, 0.3) is 0 Å². The van der Waals surface area contributed by atoms with E-state index in [0.29, 0.717) is 64.0 Å². The van der Waals surface area contributed by atoms with Gasteiger partial charge in [0.2, 0.25) is 0 Å². The Kier molecular flexibility index (Phi) is 16.6. The molecule has 5 rings (SSSR count). The number of aryl methyl sites for hydroxylation is 1. The van der Waals surface area contributed by atoms with Crippen LogP contribution in [0.4, 0.5) is 34.4 Å². The van der Waals surface area contributed by atoms with Gasteiger partial charge in [-0.25, -0.2) is 14.8 Å². The first-order valence-corrected chi connectivity index (χ1v) is 21.8. The number of nitrogen functional groups attached to an aromatic ring is 2. The quantitative estimate of drug-likeness (QED) is 0.0509. The zero-order valence-electron chi connectivity index (χ0n) is 36.8. The molecule has 60 heavy (non-hydrogen) atoms. The molecule has 0 fully saturated rings. The molecule has 0 spiro atoms. The van der Waals surface area contributed by atoms with E-state index in [4.69, 9.17) is 26.4 Å². The Hall–Kier alpha value is -5.79. The van der Waals surface area contributed by atoms with Gasteiger partial charge in [-0.1, -0.05) is 119 Å². The molecule has 14 nitrogen and oxygen atoms in total. The highest BCUT2D eigenvalue weighted by Crippen LogP contribution is 2.37. The zero-order chi connectivity index (χ0) is 43.2. The van der Waals surface area contributed by atoms with Crippen LogP contribution in [0.5, 0.6) is 0 Å². The number of unbranched alkanes of at least 4 members (excludes halogenated alkanes) is 2. The van der Waals surface area contributed by atoms with Crippen molar-refractivity contribution >= 4 is 40.4 Å². The Labute approximate surface area is 355 Å². The summed E-state index contributed by atoms with van der Waals surface area (Å²) in [5, 5.41) is 27.9.